The van der Waals surface area contributed by atoms with E-state index in [0.717, 1.165) is 17.8 Å². The third-order valence-electron chi connectivity index (χ3n) is 3.55. The molecule has 4 rings (SSSR count). The highest BCUT2D eigenvalue weighted by molar-refractivity contribution is 7.15. The van der Waals surface area contributed by atoms with Gasteiger partial charge >= 0.3 is 0 Å². The molecular weight excluding hydrogens is 317 g/mol. The summed E-state index contributed by atoms with van der Waals surface area (Å²) in [4.78, 5) is 12.2. The molecule has 0 spiro atoms. The SMILES string of the molecule is O=C(Nc1nnc(C2CC2)s1)c1ccc(-c2ccc(F)cc2)o1. The average molecular weight is 329 g/mol. The maximum Gasteiger partial charge on any atom is 0.293 e. The minimum Gasteiger partial charge on any atom is -0.451 e. The fourth-order valence-electron chi connectivity index (χ4n) is 2.17. The molecule has 0 atom stereocenters. The van der Waals surface area contributed by atoms with E-state index in [0.29, 0.717) is 22.4 Å². The second-order valence-electron chi connectivity index (χ2n) is 5.34. The van der Waals surface area contributed by atoms with Gasteiger partial charge in [-0.25, -0.2) is 4.39 Å². The van der Waals surface area contributed by atoms with Crippen LogP contribution in [0.15, 0.2) is 40.8 Å². The van der Waals surface area contributed by atoms with Crippen LogP contribution >= 0.6 is 11.3 Å². The van der Waals surface area contributed by atoms with Gasteiger partial charge in [0, 0.05) is 11.5 Å². The quantitative estimate of drug-likeness (QED) is 0.783. The Hall–Kier alpha value is -2.54. The summed E-state index contributed by atoms with van der Waals surface area (Å²) in [6.07, 6.45) is 2.28. The number of hydrogen-bond donors (Lipinski definition) is 1. The van der Waals surface area contributed by atoms with Crippen LogP contribution in [-0.2, 0) is 0 Å². The van der Waals surface area contributed by atoms with Crippen molar-refractivity contribution in [2.45, 2.75) is 18.8 Å². The van der Waals surface area contributed by atoms with E-state index >= 15 is 0 Å². The predicted molar refractivity (Wildman–Crippen MR) is 83.9 cm³/mol. The molecular formula is C16H12FN3O2S. The first-order chi connectivity index (χ1) is 11.2. The maximum atomic E-state index is 12.9. The van der Waals surface area contributed by atoms with E-state index in [2.05, 4.69) is 15.5 Å². The molecule has 0 saturated heterocycles. The van der Waals surface area contributed by atoms with Gasteiger partial charge in [0.25, 0.3) is 5.91 Å². The summed E-state index contributed by atoms with van der Waals surface area (Å²) < 4.78 is 18.5. The van der Waals surface area contributed by atoms with Gasteiger partial charge in [0.05, 0.1) is 0 Å². The van der Waals surface area contributed by atoms with Gasteiger partial charge in [0.2, 0.25) is 5.13 Å². The average Bonchev–Trinajstić information content (AvgIpc) is 3.10. The molecule has 0 radical (unpaired) electrons. The largest absolute Gasteiger partial charge is 0.451 e. The van der Waals surface area contributed by atoms with Gasteiger partial charge in [0.15, 0.2) is 5.76 Å². The van der Waals surface area contributed by atoms with Crippen molar-refractivity contribution in [3.05, 3.63) is 53.0 Å². The zero-order valence-corrected chi connectivity index (χ0v) is 12.8. The van der Waals surface area contributed by atoms with Crippen LogP contribution in [-0.4, -0.2) is 16.1 Å². The second kappa shape index (κ2) is 5.58. The van der Waals surface area contributed by atoms with Gasteiger partial charge in [-0.2, -0.15) is 0 Å². The summed E-state index contributed by atoms with van der Waals surface area (Å²) in [6.45, 7) is 0. The lowest BCUT2D eigenvalue weighted by Gasteiger charge is -1.98. The molecule has 23 heavy (non-hydrogen) atoms. The Balaban J connectivity index is 1.48. The van der Waals surface area contributed by atoms with Crippen LogP contribution < -0.4 is 5.32 Å². The summed E-state index contributed by atoms with van der Waals surface area (Å²) in [5.41, 5.74) is 0.706. The molecule has 0 unspecified atom stereocenters. The highest BCUT2D eigenvalue weighted by Crippen LogP contribution is 2.42. The van der Waals surface area contributed by atoms with E-state index in [9.17, 15) is 9.18 Å². The number of rotatable bonds is 4. The minimum atomic E-state index is -0.378. The van der Waals surface area contributed by atoms with Crippen molar-refractivity contribution in [1.82, 2.24) is 10.2 Å². The molecule has 0 bridgehead atoms. The highest BCUT2D eigenvalue weighted by Gasteiger charge is 2.28. The Kier molecular flexibility index (Phi) is 3.42. The Morgan fingerprint density at radius 3 is 2.70 bits per heavy atom. The van der Waals surface area contributed by atoms with Crippen molar-refractivity contribution >= 4 is 22.4 Å². The Morgan fingerprint density at radius 2 is 1.96 bits per heavy atom. The second-order valence-corrected chi connectivity index (χ2v) is 6.35. The lowest BCUT2D eigenvalue weighted by molar-refractivity contribution is 0.0997. The number of nitrogens with one attached hydrogen (secondary N) is 1. The number of benzene rings is 1. The van der Waals surface area contributed by atoms with Crippen molar-refractivity contribution in [3.63, 3.8) is 0 Å². The summed E-state index contributed by atoms with van der Waals surface area (Å²) in [7, 11) is 0. The van der Waals surface area contributed by atoms with Crippen molar-refractivity contribution in [3.8, 4) is 11.3 Å². The first-order valence-corrected chi connectivity index (χ1v) is 8.01. The summed E-state index contributed by atoms with van der Waals surface area (Å²) in [6, 6.07) is 9.15. The Morgan fingerprint density at radius 1 is 1.17 bits per heavy atom. The number of nitrogens with zero attached hydrogens (tertiary/aromatic N) is 2. The van der Waals surface area contributed by atoms with Gasteiger partial charge in [-0.3, -0.25) is 10.1 Å². The van der Waals surface area contributed by atoms with Crippen LogP contribution in [0.5, 0.6) is 0 Å². The van der Waals surface area contributed by atoms with Crippen molar-refractivity contribution in [2.24, 2.45) is 0 Å². The Bertz CT molecular complexity index is 852. The fraction of sp³-hybridized carbons (Fsp3) is 0.188. The molecule has 3 aromatic rings. The normalized spacial score (nSPS) is 14.0. The molecule has 1 fully saturated rings. The topological polar surface area (TPSA) is 68.0 Å². The lowest BCUT2D eigenvalue weighted by Crippen LogP contribution is -2.10. The first-order valence-electron chi connectivity index (χ1n) is 7.19. The molecule has 0 aliphatic heterocycles. The number of aromatic nitrogens is 2. The van der Waals surface area contributed by atoms with E-state index < -0.39 is 0 Å². The van der Waals surface area contributed by atoms with E-state index in [-0.39, 0.29) is 17.5 Å². The van der Waals surface area contributed by atoms with E-state index in [4.69, 9.17) is 4.42 Å². The predicted octanol–water partition coefficient (Wildman–Crippen LogP) is 4.07. The molecule has 7 heteroatoms. The molecule has 1 saturated carbocycles. The van der Waals surface area contributed by atoms with Crippen LogP contribution in [0.2, 0.25) is 0 Å². The third kappa shape index (κ3) is 3.00. The van der Waals surface area contributed by atoms with Crippen molar-refractivity contribution in [1.29, 1.82) is 0 Å². The molecule has 1 aliphatic carbocycles. The fourth-order valence-corrected chi connectivity index (χ4v) is 3.08. The number of carbonyl (C=O) groups is 1. The Labute approximate surface area is 135 Å². The molecule has 2 heterocycles. The van der Waals surface area contributed by atoms with Crippen LogP contribution in [0, 0.1) is 5.82 Å². The summed E-state index contributed by atoms with van der Waals surface area (Å²) in [5.74, 6) is 0.489. The van der Waals surface area contributed by atoms with Crippen LogP contribution in [0.3, 0.4) is 0 Å². The highest BCUT2D eigenvalue weighted by atomic mass is 32.1. The smallest absolute Gasteiger partial charge is 0.293 e. The van der Waals surface area contributed by atoms with E-state index in [1.54, 1.807) is 24.3 Å². The molecule has 1 N–H and O–H groups in total. The van der Waals surface area contributed by atoms with Gasteiger partial charge in [-0.1, -0.05) is 11.3 Å². The number of furan rings is 1. The van der Waals surface area contributed by atoms with Gasteiger partial charge in [-0.05, 0) is 49.2 Å². The molecule has 5 nitrogen and oxygen atoms in total. The van der Waals surface area contributed by atoms with Crippen molar-refractivity contribution in [2.75, 3.05) is 5.32 Å². The minimum absolute atomic E-state index is 0.174. The number of hydrogen-bond acceptors (Lipinski definition) is 5. The monoisotopic (exact) mass is 329 g/mol. The van der Waals surface area contributed by atoms with Crippen LogP contribution in [0.1, 0.15) is 34.3 Å². The maximum absolute atomic E-state index is 12.9. The lowest BCUT2D eigenvalue weighted by atomic mass is 10.2. The van der Waals surface area contributed by atoms with Crippen molar-refractivity contribution < 1.29 is 13.6 Å². The number of halogens is 1. The summed E-state index contributed by atoms with van der Waals surface area (Å²) >= 11 is 1.39. The van der Waals surface area contributed by atoms with Crippen LogP contribution in [0.25, 0.3) is 11.3 Å². The van der Waals surface area contributed by atoms with E-state index in [1.165, 1.54) is 23.5 Å². The zero-order valence-electron chi connectivity index (χ0n) is 12.0. The first kappa shape index (κ1) is 14.1. The third-order valence-corrected chi connectivity index (χ3v) is 4.55. The zero-order chi connectivity index (χ0) is 15.8. The molecule has 116 valence electrons. The molecule has 1 aromatic carbocycles. The molecule has 1 aliphatic rings. The number of anilines is 1. The molecule has 1 amide bonds. The van der Waals surface area contributed by atoms with E-state index in [1.807, 2.05) is 0 Å². The van der Waals surface area contributed by atoms with Gasteiger partial charge in [0.1, 0.15) is 16.6 Å². The number of amides is 1. The van der Waals surface area contributed by atoms with Crippen LogP contribution in [0.4, 0.5) is 9.52 Å². The standard InChI is InChI=1S/C16H12FN3O2S/c17-11-5-3-9(4-6-11)12-7-8-13(22-12)14(21)18-16-20-19-15(23-16)10-1-2-10/h3-8,10H,1-2H2,(H,18,20,21). The summed E-state index contributed by atoms with van der Waals surface area (Å²) in [5, 5.41) is 12.2. The number of carbonyl (C=O) groups excluding carboxylic acids is 1. The van der Waals surface area contributed by atoms with Gasteiger partial charge in [-0.15, -0.1) is 10.2 Å². The van der Waals surface area contributed by atoms with Gasteiger partial charge < -0.3 is 4.42 Å². The molecule has 2 aromatic heterocycles.